The van der Waals surface area contributed by atoms with Gasteiger partial charge in [-0.3, -0.25) is 99.9 Å². The van der Waals surface area contributed by atoms with Crippen LogP contribution in [-0.4, -0.2) is 209 Å². The van der Waals surface area contributed by atoms with E-state index in [1.165, 1.54) is 52.8 Å². The molecule has 2 atom stereocenters. The normalized spacial score (nSPS) is 13.7. The Balaban J connectivity index is 0.000000189. The van der Waals surface area contributed by atoms with Crippen molar-refractivity contribution in [2.45, 2.75) is 46.7 Å². The lowest BCUT2D eigenvalue weighted by Gasteiger charge is -2.34. The lowest BCUT2D eigenvalue weighted by molar-refractivity contribution is -0.119. The topological polar surface area (TPSA) is 893 Å². The first-order valence-electron chi connectivity index (χ1n) is 35.7. The number of carbonyl (C=O) groups is 4. The van der Waals surface area contributed by atoms with Crippen molar-refractivity contribution < 1.29 is 19.2 Å². The Kier molecular flexibility index (Phi) is 31.7. The molecule has 59 nitrogen and oxygen atoms in total. The predicted octanol–water partition coefficient (Wildman–Crippen LogP) is -7.13. The zero-order chi connectivity index (χ0) is 93.4. The van der Waals surface area contributed by atoms with Gasteiger partial charge in [0.2, 0.25) is 47.9 Å². The summed E-state index contributed by atoms with van der Waals surface area (Å²) >= 11 is 0. The Morgan fingerprint density at radius 2 is 1.02 bits per heavy atom. The molecule has 13 aromatic rings. The molecule has 0 aliphatic carbocycles. The average Bonchev–Trinajstić information content (AvgIpc) is 1.69. The molecule has 126 heavy (non-hydrogen) atoms. The quantitative estimate of drug-likeness (QED) is 0.0627. The molecular weight excluding hydrogens is 1660 g/mol. The molecule has 0 radical (unpaired) electrons. The third-order valence-corrected chi connectivity index (χ3v) is 16.4. The number of nitrogen functional groups attached to an aromatic ring is 10. The molecule has 5 aliphatic heterocycles. The standard InChI is InChI=1S/C7H7N3O2.C6H8N6.C6H7N5O.2C6H9N5O.C6H6N4O2.2C5H8N4.3C5H7N3O.C5H6N2O2/c1-10-3-8-6-4(10)2-5(11)9-7(6)12;1-12-2-9-3-4(7)10-6(8)11-5(3)12;1-11-2-8-3-4(7)9-6(12)10-5(3)11;1-10-2-3-11-4(7)8-5(12)9-6(10)11;1-10-2-3-11-5(10)8-4(7)9-6(11)12;1-10-2-7-3-4(10)8-6(12)9-5(3)11;2*1-3-2-8-5(7)9-4(3)6;1-8-3-2-4(9)7-5(8)6;1-3-5(6)8-4(9)2-7-3;1-3-5(9)8-4(6)2-7-3;1-7-3-2-4(8)6-5(7)9/h3H,2H2,1H3,(H,9,11,12);2H,1H3,(H4,7,8,10,11);2H,1H3,(H3,7,9,10,12);2-3,6H,1H3,(H3,7,8,9,12);2-3,5H,1H3,(H3,7,8,9,12);2H,1H3,(H2,8,9,11,12);2*2H,1H3,(H4,6,7,8,9);2-3H,1H3,(H2,6,7,9);2*2H,1H3,(H3,6,8,9);2-3H,1H3,(H,6,8,9). The lowest BCUT2D eigenvalue weighted by Crippen LogP contribution is -2.64. The Labute approximate surface area is 705 Å². The number of urea groups is 2. The van der Waals surface area contributed by atoms with E-state index in [9.17, 15) is 57.5 Å². The van der Waals surface area contributed by atoms with Gasteiger partial charge in [0, 0.05) is 129 Å². The number of nitrogens with zero attached hydrogens (tertiary/aromatic N) is 25. The largest absolute Gasteiger partial charge is 0.384 e. The number of rotatable bonds is 0. The number of nitrogens with two attached hydrogens (primary N) is 11. The van der Waals surface area contributed by atoms with Crippen molar-refractivity contribution in [1.29, 1.82) is 5.41 Å². The number of aromatic nitrogens is 26. The maximum absolute atomic E-state index is 11.2. The highest BCUT2D eigenvalue weighted by Gasteiger charge is 2.34. The molecule has 13 aromatic heterocycles. The molecule has 0 aromatic carbocycles. The number of hydrogen-bond donors (Lipinski definition) is 22. The second-order valence-corrected chi connectivity index (χ2v) is 26.0. The summed E-state index contributed by atoms with van der Waals surface area (Å²) in [6.07, 6.45) is 21.6. The van der Waals surface area contributed by atoms with Crippen LogP contribution in [0.5, 0.6) is 0 Å². The minimum Gasteiger partial charge on any atom is -0.384 e. The predicted molar refractivity (Wildman–Crippen MR) is 460 cm³/mol. The van der Waals surface area contributed by atoms with Crippen molar-refractivity contribution >= 4 is 128 Å². The number of nitrogens with one attached hydrogen (secondary N) is 11. The Bertz CT molecular complexity index is 6650. The van der Waals surface area contributed by atoms with Gasteiger partial charge >= 0.3 is 29.1 Å². The molecule has 33 N–H and O–H groups in total. The zero-order valence-corrected chi connectivity index (χ0v) is 69.0. The first-order chi connectivity index (χ1) is 59.3. The molecule has 18 heterocycles. The second kappa shape index (κ2) is 42.2. The number of hydrogen-bond acceptors (Lipinski definition) is 41. The van der Waals surface area contributed by atoms with Crippen LogP contribution in [0, 0.1) is 33.1 Å². The average molecular weight is 1740 g/mol. The first kappa shape index (κ1) is 94.6. The van der Waals surface area contributed by atoms with Crippen LogP contribution in [-0.2, 0) is 53.5 Å². The van der Waals surface area contributed by atoms with Crippen LogP contribution in [0.25, 0.3) is 33.5 Å². The number of carbonyl (C=O) groups excluding carboxylic acids is 4. The summed E-state index contributed by atoms with van der Waals surface area (Å²) < 4.78 is 9.51. The number of amides is 6. The number of anilines is 10. The van der Waals surface area contributed by atoms with E-state index in [0.29, 0.717) is 79.8 Å². The van der Waals surface area contributed by atoms with Crippen LogP contribution in [0.4, 0.5) is 68.3 Å². The van der Waals surface area contributed by atoms with Crippen molar-refractivity contribution in [3.63, 3.8) is 0 Å². The number of guanidine groups is 2. The van der Waals surface area contributed by atoms with Gasteiger partial charge in [0.15, 0.2) is 28.9 Å². The number of imide groups is 1. The highest BCUT2D eigenvalue weighted by Crippen LogP contribution is 2.19. The molecule has 2 unspecified atom stereocenters. The number of aliphatic imine (C=N–C) groups is 1. The molecule has 59 heteroatoms. The number of imidazole rings is 4. The SMILES string of the molecule is CN1C=CN2C(=N)NC(=O)NC12.CN1C=CN2C(=O)NC(N)=NC12.Cc1cnc(N)nc1N.Cc1cnc(N)nc1N.Cc1ncc(=O)[nH]c1N.Cc1ncc(N)[nH]c1=O.Cn1ccc(=O)[nH]c1=O.Cn1ccc(=O)nc1N.Cn1cnc2c(=O)[nH]c(=O)[nH]c21.Cn1cnc2c(N)[nH]c(=O)nc21.Cn1cnc2c(N)nc(N)nc21.Cn1cnc2c1CC(=O)NC2=O. The molecular formula is C67H89N47O12. The van der Waals surface area contributed by atoms with E-state index in [-0.39, 0.29) is 112 Å². The number of aryl methyl sites for hydroxylation is 10. The van der Waals surface area contributed by atoms with Gasteiger partial charge in [0.25, 0.3) is 33.7 Å². The monoisotopic (exact) mass is 1740 g/mol. The van der Waals surface area contributed by atoms with Gasteiger partial charge in [-0.25, -0.2) is 58.9 Å². The molecule has 1 fully saturated rings. The Morgan fingerprint density at radius 3 is 1.60 bits per heavy atom. The van der Waals surface area contributed by atoms with Gasteiger partial charge in [0.1, 0.15) is 57.2 Å². The summed E-state index contributed by atoms with van der Waals surface area (Å²) in [6, 6.07) is 2.07. The first-order valence-corrected chi connectivity index (χ1v) is 35.7. The molecule has 18 rings (SSSR count). The van der Waals surface area contributed by atoms with Crippen LogP contribution >= 0.6 is 0 Å². The van der Waals surface area contributed by atoms with Crippen LogP contribution in [0.1, 0.15) is 38.7 Å². The van der Waals surface area contributed by atoms with E-state index in [0.717, 1.165) is 11.1 Å². The van der Waals surface area contributed by atoms with Crippen molar-refractivity contribution in [3.8, 4) is 0 Å². The zero-order valence-electron chi connectivity index (χ0n) is 69.0. The van der Waals surface area contributed by atoms with Crippen LogP contribution in [0.15, 0.2) is 143 Å². The molecule has 0 bridgehead atoms. The maximum Gasteiger partial charge on any atom is 0.348 e. The van der Waals surface area contributed by atoms with Crippen molar-refractivity contribution in [1.82, 2.24) is 168 Å². The van der Waals surface area contributed by atoms with Gasteiger partial charge in [-0.1, -0.05) is 0 Å². The summed E-state index contributed by atoms with van der Waals surface area (Å²) in [6.45, 7) is 7.01. The second-order valence-electron chi connectivity index (χ2n) is 26.0. The maximum atomic E-state index is 11.2. The van der Waals surface area contributed by atoms with Gasteiger partial charge in [-0.05, 0) is 27.7 Å². The summed E-state index contributed by atoms with van der Waals surface area (Å²) in [7, 11) is 14.0. The van der Waals surface area contributed by atoms with E-state index in [4.69, 9.17) is 68.5 Å². The molecule has 0 spiro atoms. The van der Waals surface area contributed by atoms with Crippen molar-refractivity contribution in [2.24, 2.45) is 53.0 Å². The molecule has 5 aliphatic rings. The Morgan fingerprint density at radius 1 is 0.452 bits per heavy atom. The van der Waals surface area contributed by atoms with Gasteiger partial charge in [-0.2, -0.15) is 29.9 Å². The van der Waals surface area contributed by atoms with Gasteiger partial charge in [0.05, 0.1) is 55.5 Å². The summed E-state index contributed by atoms with van der Waals surface area (Å²) in [5, 5.41) is 17.0. The number of H-pyrrole nitrogens is 6. The van der Waals surface area contributed by atoms with E-state index in [2.05, 4.69) is 126 Å². The van der Waals surface area contributed by atoms with Gasteiger partial charge < -0.3 is 110 Å². The summed E-state index contributed by atoms with van der Waals surface area (Å²) in [5.74, 6) is 2.54. The van der Waals surface area contributed by atoms with Crippen molar-refractivity contribution in [2.75, 3.05) is 71.4 Å². The van der Waals surface area contributed by atoms with Gasteiger partial charge in [-0.15, -0.1) is 0 Å². The summed E-state index contributed by atoms with van der Waals surface area (Å²) in [5.41, 5.74) is 62.7. The van der Waals surface area contributed by atoms with E-state index < -0.39 is 22.8 Å². The lowest BCUT2D eigenvalue weighted by atomic mass is 10.1. The number of fused-ring (bicyclic) bond motifs is 6. The fraction of sp³-hybridized carbons (Fsp3) is 0.224. The van der Waals surface area contributed by atoms with Crippen molar-refractivity contribution in [3.05, 3.63) is 217 Å². The molecule has 0 saturated carbocycles. The smallest absolute Gasteiger partial charge is 0.348 e. The molecule has 664 valence electrons. The molecule has 1 saturated heterocycles. The highest BCUT2D eigenvalue weighted by atomic mass is 16.2. The third kappa shape index (κ3) is 26.2. The van der Waals surface area contributed by atoms with E-state index >= 15 is 0 Å². The van der Waals surface area contributed by atoms with Crippen LogP contribution < -0.4 is 129 Å². The fourth-order valence-electron chi connectivity index (χ4n) is 9.65. The third-order valence-electron chi connectivity index (χ3n) is 16.4. The Hall–Kier alpha value is -18.6. The number of aromatic amines is 6. The highest BCUT2D eigenvalue weighted by molar-refractivity contribution is 6.08. The van der Waals surface area contributed by atoms with Crippen LogP contribution in [0.3, 0.4) is 0 Å². The fourth-order valence-corrected chi connectivity index (χ4v) is 9.65. The van der Waals surface area contributed by atoms with E-state index in [1.54, 1.807) is 138 Å². The minimum absolute atomic E-state index is 0.101. The van der Waals surface area contributed by atoms with Crippen LogP contribution in [0.2, 0.25) is 0 Å². The van der Waals surface area contributed by atoms with E-state index in [1.807, 2.05) is 39.9 Å². The molecule has 6 amide bonds. The minimum atomic E-state index is -0.517. The summed E-state index contributed by atoms with van der Waals surface area (Å²) in [4.78, 5) is 207.